The summed E-state index contributed by atoms with van der Waals surface area (Å²) >= 11 is 5.09. The predicted molar refractivity (Wildman–Crippen MR) is 64.9 cm³/mol. The molecule has 1 aromatic rings. The van der Waals surface area contributed by atoms with Crippen molar-refractivity contribution in [2.75, 3.05) is 13.1 Å². The second kappa shape index (κ2) is 6.56. The van der Waals surface area contributed by atoms with Gasteiger partial charge in [-0.05, 0) is 41.0 Å². The molecule has 0 amide bonds. The normalized spacial score (nSPS) is 13.1. The fourth-order valence-electron chi connectivity index (χ4n) is 1.21. The van der Waals surface area contributed by atoms with Gasteiger partial charge in [-0.25, -0.2) is 0 Å². The van der Waals surface area contributed by atoms with E-state index in [0.717, 1.165) is 23.2 Å². The molecule has 0 bridgehead atoms. The standard InChI is InChI=1S/C10H16BrNOS/c1-2-5-12-7-8(13)6-9-3-4-10(11)14-9/h3-4,8,12-13H,2,5-7H2,1H3. The van der Waals surface area contributed by atoms with Gasteiger partial charge in [-0.1, -0.05) is 6.92 Å². The van der Waals surface area contributed by atoms with Crippen molar-refractivity contribution in [3.05, 3.63) is 20.8 Å². The Morgan fingerprint density at radius 2 is 2.36 bits per heavy atom. The summed E-state index contributed by atoms with van der Waals surface area (Å²) in [5, 5.41) is 12.9. The summed E-state index contributed by atoms with van der Waals surface area (Å²) in [4.78, 5) is 1.22. The molecule has 0 saturated heterocycles. The van der Waals surface area contributed by atoms with Gasteiger partial charge in [-0.2, -0.15) is 0 Å². The molecule has 1 atom stereocenters. The SMILES string of the molecule is CCCNCC(O)Cc1ccc(Br)s1. The van der Waals surface area contributed by atoms with Crippen LogP contribution >= 0.6 is 27.3 Å². The van der Waals surface area contributed by atoms with E-state index < -0.39 is 0 Å². The van der Waals surface area contributed by atoms with Crippen LogP contribution in [0, 0.1) is 0 Å². The highest BCUT2D eigenvalue weighted by molar-refractivity contribution is 9.11. The maximum absolute atomic E-state index is 9.67. The molecule has 14 heavy (non-hydrogen) atoms. The van der Waals surface area contributed by atoms with Gasteiger partial charge in [0.2, 0.25) is 0 Å². The summed E-state index contributed by atoms with van der Waals surface area (Å²) in [5.74, 6) is 0. The summed E-state index contributed by atoms with van der Waals surface area (Å²) in [7, 11) is 0. The molecule has 1 rings (SSSR count). The van der Waals surface area contributed by atoms with Gasteiger partial charge in [-0.3, -0.25) is 0 Å². The third-order valence-electron chi connectivity index (χ3n) is 1.87. The van der Waals surface area contributed by atoms with E-state index in [1.165, 1.54) is 4.88 Å². The summed E-state index contributed by atoms with van der Waals surface area (Å²) in [6.45, 7) is 3.78. The number of rotatable bonds is 6. The first kappa shape index (κ1) is 12.2. The van der Waals surface area contributed by atoms with Gasteiger partial charge < -0.3 is 10.4 Å². The van der Waals surface area contributed by atoms with Crippen LogP contribution in [0.4, 0.5) is 0 Å². The van der Waals surface area contributed by atoms with Gasteiger partial charge in [0.15, 0.2) is 0 Å². The van der Waals surface area contributed by atoms with Crippen LogP contribution in [0.2, 0.25) is 0 Å². The van der Waals surface area contributed by atoms with Crippen LogP contribution in [0.3, 0.4) is 0 Å². The van der Waals surface area contributed by atoms with E-state index in [1.54, 1.807) is 11.3 Å². The van der Waals surface area contributed by atoms with Crippen LogP contribution in [0.1, 0.15) is 18.2 Å². The van der Waals surface area contributed by atoms with Crippen molar-refractivity contribution in [3.8, 4) is 0 Å². The first-order valence-electron chi connectivity index (χ1n) is 4.85. The molecule has 2 N–H and O–H groups in total. The molecule has 4 heteroatoms. The third kappa shape index (κ3) is 4.55. The number of hydrogen-bond donors (Lipinski definition) is 2. The van der Waals surface area contributed by atoms with E-state index in [4.69, 9.17) is 0 Å². The predicted octanol–water partition coefficient (Wildman–Crippen LogP) is 2.41. The van der Waals surface area contributed by atoms with Gasteiger partial charge in [0.25, 0.3) is 0 Å². The molecule has 0 aliphatic carbocycles. The number of aliphatic hydroxyl groups is 1. The molecule has 2 nitrogen and oxygen atoms in total. The van der Waals surface area contributed by atoms with Crippen LogP contribution in [0.15, 0.2) is 15.9 Å². The fourth-order valence-corrected chi connectivity index (χ4v) is 2.77. The average molecular weight is 278 g/mol. The van der Waals surface area contributed by atoms with Crippen molar-refractivity contribution in [1.29, 1.82) is 0 Å². The molecular formula is C10H16BrNOS. The summed E-state index contributed by atoms with van der Waals surface area (Å²) in [6.07, 6.45) is 1.58. The van der Waals surface area contributed by atoms with Crippen LogP contribution in [0.5, 0.6) is 0 Å². The lowest BCUT2D eigenvalue weighted by Crippen LogP contribution is -2.28. The number of hydrogen-bond acceptors (Lipinski definition) is 3. The monoisotopic (exact) mass is 277 g/mol. The fraction of sp³-hybridized carbons (Fsp3) is 0.600. The van der Waals surface area contributed by atoms with Crippen molar-refractivity contribution in [2.45, 2.75) is 25.9 Å². The smallest absolute Gasteiger partial charge is 0.0712 e. The maximum atomic E-state index is 9.67. The Bertz CT molecular complexity index is 264. The van der Waals surface area contributed by atoms with Crippen LogP contribution in [-0.4, -0.2) is 24.3 Å². The summed E-state index contributed by atoms with van der Waals surface area (Å²) in [5.41, 5.74) is 0. The number of nitrogens with one attached hydrogen (secondary N) is 1. The minimum atomic E-state index is -0.271. The molecule has 1 aromatic heterocycles. The third-order valence-corrected chi connectivity index (χ3v) is 3.52. The molecule has 0 saturated carbocycles. The zero-order chi connectivity index (χ0) is 10.4. The van der Waals surface area contributed by atoms with Crippen molar-refractivity contribution >= 4 is 27.3 Å². The van der Waals surface area contributed by atoms with E-state index in [-0.39, 0.29) is 6.10 Å². The van der Waals surface area contributed by atoms with Gasteiger partial charge >= 0.3 is 0 Å². The first-order chi connectivity index (χ1) is 6.72. The average Bonchev–Trinajstić information content (AvgIpc) is 2.52. The topological polar surface area (TPSA) is 32.3 Å². The largest absolute Gasteiger partial charge is 0.391 e. The molecule has 0 aliphatic heterocycles. The highest BCUT2D eigenvalue weighted by Gasteiger charge is 2.06. The van der Waals surface area contributed by atoms with E-state index in [2.05, 4.69) is 34.2 Å². The van der Waals surface area contributed by atoms with Gasteiger partial charge in [-0.15, -0.1) is 11.3 Å². The van der Waals surface area contributed by atoms with Crippen LogP contribution in [-0.2, 0) is 6.42 Å². The minimum absolute atomic E-state index is 0.271. The molecular weight excluding hydrogens is 262 g/mol. The number of aliphatic hydroxyl groups excluding tert-OH is 1. The van der Waals surface area contributed by atoms with E-state index in [1.807, 2.05) is 6.07 Å². The lowest BCUT2D eigenvalue weighted by atomic mass is 10.2. The lowest BCUT2D eigenvalue weighted by Gasteiger charge is -2.09. The molecule has 80 valence electrons. The Kier molecular flexibility index (Phi) is 5.70. The first-order valence-corrected chi connectivity index (χ1v) is 6.46. The number of thiophene rings is 1. The Balaban J connectivity index is 2.23. The second-order valence-corrected chi connectivity index (χ2v) is 5.82. The minimum Gasteiger partial charge on any atom is -0.391 e. The van der Waals surface area contributed by atoms with E-state index >= 15 is 0 Å². The molecule has 0 radical (unpaired) electrons. The molecule has 0 spiro atoms. The Morgan fingerprint density at radius 3 is 2.93 bits per heavy atom. The van der Waals surface area contributed by atoms with Gasteiger partial charge in [0.05, 0.1) is 9.89 Å². The van der Waals surface area contributed by atoms with Crippen molar-refractivity contribution in [3.63, 3.8) is 0 Å². The molecule has 0 fully saturated rings. The maximum Gasteiger partial charge on any atom is 0.0712 e. The Hall–Kier alpha value is 0.1000. The van der Waals surface area contributed by atoms with Crippen molar-refractivity contribution < 1.29 is 5.11 Å². The van der Waals surface area contributed by atoms with E-state index in [9.17, 15) is 5.11 Å². The second-order valence-electron chi connectivity index (χ2n) is 3.27. The Morgan fingerprint density at radius 1 is 1.57 bits per heavy atom. The molecule has 0 aromatic carbocycles. The summed E-state index contributed by atoms with van der Waals surface area (Å²) < 4.78 is 1.13. The van der Waals surface area contributed by atoms with Crippen LogP contribution < -0.4 is 5.32 Å². The zero-order valence-corrected chi connectivity index (χ0v) is 10.7. The highest BCUT2D eigenvalue weighted by atomic mass is 79.9. The molecule has 1 unspecified atom stereocenters. The highest BCUT2D eigenvalue weighted by Crippen LogP contribution is 2.22. The molecule has 1 heterocycles. The zero-order valence-electron chi connectivity index (χ0n) is 8.29. The van der Waals surface area contributed by atoms with Gasteiger partial charge in [0, 0.05) is 17.8 Å². The van der Waals surface area contributed by atoms with Gasteiger partial charge in [0.1, 0.15) is 0 Å². The number of halogens is 1. The molecule has 0 aliphatic rings. The lowest BCUT2D eigenvalue weighted by molar-refractivity contribution is 0.173. The quantitative estimate of drug-likeness (QED) is 0.783. The van der Waals surface area contributed by atoms with Crippen molar-refractivity contribution in [1.82, 2.24) is 5.32 Å². The van der Waals surface area contributed by atoms with Crippen molar-refractivity contribution in [2.24, 2.45) is 0 Å². The summed E-state index contributed by atoms with van der Waals surface area (Å²) in [6, 6.07) is 4.07. The Labute approximate surface area is 97.5 Å². The van der Waals surface area contributed by atoms with Crippen LogP contribution in [0.25, 0.3) is 0 Å². The van der Waals surface area contributed by atoms with E-state index in [0.29, 0.717) is 6.54 Å².